The predicted octanol–water partition coefficient (Wildman–Crippen LogP) is 4.06. The standard InChI is InChI=1S/C13H16ClIN2OS/c1-3-9-13(14)10(17(4-2)16-9)6-11(18)8-5-12(15)19-7-8/h5,7,11,18H,3-4,6H2,1-2H3. The average molecular weight is 411 g/mol. The number of aryl methyl sites for hydroxylation is 2. The minimum atomic E-state index is -0.524. The monoisotopic (exact) mass is 410 g/mol. The molecule has 0 spiro atoms. The lowest BCUT2D eigenvalue weighted by molar-refractivity contribution is 0.176. The molecule has 3 nitrogen and oxygen atoms in total. The smallest absolute Gasteiger partial charge is 0.0854 e. The van der Waals surface area contributed by atoms with Gasteiger partial charge in [-0.25, -0.2) is 0 Å². The molecule has 0 aliphatic heterocycles. The molecule has 6 heteroatoms. The Balaban J connectivity index is 2.25. The highest BCUT2D eigenvalue weighted by Gasteiger charge is 2.19. The Morgan fingerprint density at radius 1 is 1.53 bits per heavy atom. The van der Waals surface area contributed by atoms with Crippen LogP contribution < -0.4 is 0 Å². The van der Waals surface area contributed by atoms with Crippen molar-refractivity contribution in [1.82, 2.24) is 9.78 Å². The fraction of sp³-hybridized carbons (Fsp3) is 0.462. The van der Waals surface area contributed by atoms with Gasteiger partial charge in [0.1, 0.15) is 0 Å². The van der Waals surface area contributed by atoms with Gasteiger partial charge in [0.25, 0.3) is 0 Å². The van der Waals surface area contributed by atoms with E-state index in [0.29, 0.717) is 11.4 Å². The SMILES string of the molecule is CCc1nn(CC)c(CC(O)c2csc(I)c2)c1Cl. The first-order chi connectivity index (χ1) is 9.06. The van der Waals surface area contributed by atoms with Gasteiger partial charge in [-0.1, -0.05) is 18.5 Å². The summed E-state index contributed by atoms with van der Waals surface area (Å²) in [4.78, 5) is 0. The summed E-state index contributed by atoms with van der Waals surface area (Å²) in [5.41, 5.74) is 2.78. The Labute approximate surface area is 135 Å². The van der Waals surface area contributed by atoms with Gasteiger partial charge >= 0.3 is 0 Å². The fourth-order valence-corrected chi connectivity index (χ4v) is 3.78. The summed E-state index contributed by atoms with van der Waals surface area (Å²) >= 11 is 10.2. The van der Waals surface area contributed by atoms with Gasteiger partial charge in [-0.2, -0.15) is 5.10 Å². The molecule has 0 saturated carbocycles. The van der Waals surface area contributed by atoms with E-state index in [0.717, 1.165) is 29.9 Å². The van der Waals surface area contributed by atoms with E-state index in [1.165, 1.54) is 2.88 Å². The third kappa shape index (κ3) is 3.32. The van der Waals surface area contributed by atoms with Crippen LogP contribution in [0.2, 0.25) is 5.02 Å². The molecule has 0 aliphatic carbocycles. The second kappa shape index (κ2) is 6.56. The molecule has 0 aromatic carbocycles. The van der Waals surface area contributed by atoms with Gasteiger partial charge in [-0.05, 0) is 52.9 Å². The molecule has 104 valence electrons. The van der Waals surface area contributed by atoms with E-state index in [1.54, 1.807) is 11.3 Å². The molecule has 2 heterocycles. The molecule has 19 heavy (non-hydrogen) atoms. The quantitative estimate of drug-likeness (QED) is 0.755. The molecule has 0 aliphatic rings. The maximum Gasteiger partial charge on any atom is 0.0854 e. The Kier molecular flexibility index (Phi) is 5.28. The van der Waals surface area contributed by atoms with Crippen molar-refractivity contribution in [2.24, 2.45) is 0 Å². The van der Waals surface area contributed by atoms with Crippen LogP contribution in [0, 0.1) is 2.88 Å². The second-order valence-corrected chi connectivity index (χ2v) is 7.46. The molecule has 1 N–H and O–H groups in total. The van der Waals surface area contributed by atoms with Crippen LogP contribution >= 0.6 is 45.5 Å². The number of hydrogen-bond donors (Lipinski definition) is 1. The van der Waals surface area contributed by atoms with Crippen molar-refractivity contribution in [2.75, 3.05) is 0 Å². The Bertz CT molecular complexity index is 567. The van der Waals surface area contributed by atoms with E-state index in [1.807, 2.05) is 30.0 Å². The normalized spacial score (nSPS) is 12.9. The average Bonchev–Trinajstić information content (AvgIpc) is 2.95. The van der Waals surface area contributed by atoms with E-state index in [9.17, 15) is 5.11 Å². The highest BCUT2D eigenvalue weighted by Crippen LogP contribution is 2.29. The summed E-state index contributed by atoms with van der Waals surface area (Å²) < 4.78 is 3.07. The Hall–Kier alpha value is -0.110. The van der Waals surface area contributed by atoms with E-state index < -0.39 is 6.10 Å². The molecule has 2 rings (SSSR count). The summed E-state index contributed by atoms with van der Waals surface area (Å²) in [5, 5.41) is 17.5. The number of halogens is 2. The molecule has 0 amide bonds. The summed E-state index contributed by atoms with van der Waals surface area (Å²) in [7, 11) is 0. The largest absolute Gasteiger partial charge is 0.388 e. The van der Waals surface area contributed by atoms with Crippen LogP contribution in [0.4, 0.5) is 0 Å². The number of rotatable bonds is 5. The Morgan fingerprint density at radius 3 is 2.79 bits per heavy atom. The van der Waals surface area contributed by atoms with E-state index >= 15 is 0 Å². The summed E-state index contributed by atoms with van der Waals surface area (Å²) in [6.07, 6.45) is 0.793. The van der Waals surface area contributed by atoms with Gasteiger partial charge in [0.2, 0.25) is 0 Å². The molecule has 0 saturated heterocycles. The van der Waals surface area contributed by atoms with Crippen molar-refractivity contribution in [3.05, 3.63) is 36.3 Å². The van der Waals surface area contributed by atoms with Gasteiger partial charge < -0.3 is 5.11 Å². The number of nitrogens with zero attached hydrogens (tertiary/aromatic N) is 2. The fourth-order valence-electron chi connectivity index (χ4n) is 2.01. The Morgan fingerprint density at radius 2 is 2.26 bits per heavy atom. The minimum absolute atomic E-state index is 0.506. The highest BCUT2D eigenvalue weighted by atomic mass is 127. The van der Waals surface area contributed by atoms with Gasteiger partial charge in [-0.15, -0.1) is 11.3 Å². The number of aromatic nitrogens is 2. The summed E-state index contributed by atoms with van der Waals surface area (Å²) in [6, 6.07) is 2.01. The summed E-state index contributed by atoms with van der Waals surface area (Å²) in [5.74, 6) is 0. The van der Waals surface area contributed by atoms with Gasteiger partial charge in [0.15, 0.2) is 0 Å². The van der Waals surface area contributed by atoms with Crippen molar-refractivity contribution in [1.29, 1.82) is 0 Å². The summed E-state index contributed by atoms with van der Waals surface area (Å²) in [6.45, 7) is 4.84. The first-order valence-corrected chi connectivity index (χ1v) is 8.56. The number of aliphatic hydroxyl groups is 1. The third-order valence-corrected chi connectivity index (χ3v) is 5.30. The molecule has 1 atom stereocenters. The van der Waals surface area contributed by atoms with Crippen LogP contribution in [0.3, 0.4) is 0 Å². The number of aliphatic hydroxyl groups excluding tert-OH is 1. The lowest BCUT2D eigenvalue weighted by Crippen LogP contribution is -2.08. The lowest BCUT2D eigenvalue weighted by Gasteiger charge is -2.10. The van der Waals surface area contributed by atoms with Crippen LogP contribution in [-0.4, -0.2) is 14.9 Å². The van der Waals surface area contributed by atoms with Crippen molar-refractivity contribution in [2.45, 2.75) is 39.3 Å². The highest BCUT2D eigenvalue weighted by molar-refractivity contribution is 14.1. The minimum Gasteiger partial charge on any atom is -0.388 e. The number of thiophene rings is 1. The number of hydrogen-bond acceptors (Lipinski definition) is 3. The molecule has 0 bridgehead atoms. The predicted molar refractivity (Wildman–Crippen MR) is 88.0 cm³/mol. The molecular formula is C13H16ClIN2OS. The first-order valence-electron chi connectivity index (χ1n) is 6.22. The van der Waals surface area contributed by atoms with E-state index in [2.05, 4.69) is 27.7 Å². The topological polar surface area (TPSA) is 38.0 Å². The molecule has 2 aromatic heterocycles. The third-order valence-electron chi connectivity index (χ3n) is 3.05. The molecule has 1 unspecified atom stereocenters. The second-order valence-electron chi connectivity index (χ2n) is 4.28. The van der Waals surface area contributed by atoms with E-state index in [4.69, 9.17) is 11.6 Å². The maximum atomic E-state index is 10.3. The van der Waals surface area contributed by atoms with Crippen molar-refractivity contribution >= 4 is 45.5 Å². The zero-order valence-corrected chi connectivity index (χ0v) is 14.6. The van der Waals surface area contributed by atoms with E-state index in [-0.39, 0.29) is 0 Å². The molecule has 0 fully saturated rings. The van der Waals surface area contributed by atoms with Gasteiger partial charge in [0.05, 0.1) is 25.4 Å². The molecule has 2 aromatic rings. The van der Waals surface area contributed by atoms with Gasteiger partial charge in [0, 0.05) is 13.0 Å². The van der Waals surface area contributed by atoms with Crippen LogP contribution in [0.15, 0.2) is 11.4 Å². The zero-order valence-electron chi connectivity index (χ0n) is 10.9. The van der Waals surface area contributed by atoms with Crippen LogP contribution in [0.1, 0.15) is 36.9 Å². The van der Waals surface area contributed by atoms with Crippen molar-refractivity contribution < 1.29 is 5.11 Å². The van der Waals surface area contributed by atoms with Crippen molar-refractivity contribution in [3.63, 3.8) is 0 Å². The van der Waals surface area contributed by atoms with Crippen LogP contribution in [0.5, 0.6) is 0 Å². The van der Waals surface area contributed by atoms with Crippen LogP contribution in [0.25, 0.3) is 0 Å². The van der Waals surface area contributed by atoms with Gasteiger partial charge in [-0.3, -0.25) is 4.68 Å². The first kappa shape index (κ1) is 15.3. The van der Waals surface area contributed by atoms with Crippen molar-refractivity contribution in [3.8, 4) is 0 Å². The molecular weight excluding hydrogens is 395 g/mol. The zero-order chi connectivity index (χ0) is 14.0. The lowest BCUT2D eigenvalue weighted by atomic mass is 10.1. The maximum absolute atomic E-state index is 10.3. The molecule has 0 radical (unpaired) electrons. The van der Waals surface area contributed by atoms with Crippen LogP contribution in [-0.2, 0) is 19.4 Å².